The molecule has 0 atom stereocenters. The van der Waals surface area contributed by atoms with Gasteiger partial charge >= 0.3 is 0 Å². The molecule has 2 aromatic carbocycles. The first kappa shape index (κ1) is 21.6. The Morgan fingerprint density at radius 2 is 1.35 bits per heavy atom. The normalized spacial score (nSPS) is 12.6. The van der Waals surface area contributed by atoms with E-state index in [1.807, 2.05) is 0 Å². The number of hydrogen-bond acceptors (Lipinski definition) is 9. The van der Waals surface area contributed by atoms with E-state index in [2.05, 4.69) is 25.2 Å². The second kappa shape index (κ2) is 8.29. The molecule has 11 heteroatoms. The summed E-state index contributed by atoms with van der Waals surface area (Å²) in [6, 6.07) is 11.0. The fourth-order valence-electron chi connectivity index (χ4n) is 3.63. The van der Waals surface area contributed by atoms with Crippen molar-refractivity contribution in [1.82, 2.24) is 15.0 Å². The lowest BCUT2D eigenvalue weighted by Gasteiger charge is -2.20. The van der Waals surface area contributed by atoms with E-state index in [0.29, 0.717) is 11.4 Å². The fraction of sp³-hybridized carbons (Fsp3) is 0. The summed E-state index contributed by atoms with van der Waals surface area (Å²) in [5.74, 6) is -0.627. The third-order valence-corrected chi connectivity index (χ3v) is 5.84. The average Bonchev–Trinajstić information content (AvgIpc) is 2.83. The zero-order valence-corrected chi connectivity index (χ0v) is 18.7. The molecule has 0 fully saturated rings. The van der Waals surface area contributed by atoms with Gasteiger partial charge in [-0.1, -0.05) is 35.3 Å². The van der Waals surface area contributed by atoms with Crippen LogP contribution in [-0.2, 0) is 0 Å². The van der Waals surface area contributed by atoms with Crippen LogP contribution in [0, 0.1) is 0 Å². The molecule has 2 heterocycles. The van der Waals surface area contributed by atoms with E-state index in [9.17, 15) is 9.59 Å². The van der Waals surface area contributed by atoms with Crippen LogP contribution < -0.4 is 11.5 Å². The molecule has 34 heavy (non-hydrogen) atoms. The van der Waals surface area contributed by atoms with Gasteiger partial charge < -0.3 is 11.5 Å². The summed E-state index contributed by atoms with van der Waals surface area (Å²) in [6.07, 6.45) is 3.18. The SMILES string of the molecule is Nc1nc(-c2ccncc2)nc(N)c1/N=N/c1cccc2c1C(=O)c1c(Cl)ccc(Cl)c1C2=O. The highest BCUT2D eigenvalue weighted by atomic mass is 35.5. The number of hydrogen-bond donors (Lipinski definition) is 2. The molecule has 1 aliphatic rings. The number of azo groups is 1. The van der Waals surface area contributed by atoms with E-state index in [0.717, 1.165) is 0 Å². The van der Waals surface area contributed by atoms with E-state index in [-0.39, 0.29) is 55.3 Å². The number of pyridine rings is 1. The summed E-state index contributed by atoms with van der Waals surface area (Å²) in [6.45, 7) is 0. The first-order valence-corrected chi connectivity index (χ1v) is 10.6. The van der Waals surface area contributed by atoms with E-state index in [1.54, 1.807) is 30.6 Å². The molecule has 0 bridgehead atoms. The summed E-state index contributed by atoms with van der Waals surface area (Å²) >= 11 is 12.4. The molecule has 1 aliphatic carbocycles. The molecule has 5 rings (SSSR count). The van der Waals surface area contributed by atoms with Crippen molar-refractivity contribution in [3.63, 3.8) is 0 Å². The highest BCUT2D eigenvalue weighted by Crippen LogP contribution is 2.40. The Hall–Kier alpha value is -4.21. The van der Waals surface area contributed by atoms with Gasteiger partial charge in [0.15, 0.2) is 34.7 Å². The van der Waals surface area contributed by atoms with Crippen LogP contribution in [0.5, 0.6) is 0 Å². The molecule has 4 N–H and O–H groups in total. The van der Waals surface area contributed by atoms with Gasteiger partial charge in [0.25, 0.3) is 0 Å². The van der Waals surface area contributed by atoms with Crippen LogP contribution in [0.4, 0.5) is 23.0 Å². The van der Waals surface area contributed by atoms with Crippen LogP contribution in [0.25, 0.3) is 11.4 Å². The van der Waals surface area contributed by atoms with Crippen LogP contribution in [-0.4, -0.2) is 26.5 Å². The van der Waals surface area contributed by atoms with Crippen LogP contribution in [0.15, 0.2) is 65.1 Å². The lowest BCUT2D eigenvalue weighted by Crippen LogP contribution is -2.22. The molecule has 0 spiro atoms. The van der Waals surface area contributed by atoms with Crippen LogP contribution in [0.3, 0.4) is 0 Å². The predicted molar refractivity (Wildman–Crippen MR) is 128 cm³/mol. The molecule has 4 aromatic rings. The Labute approximate surface area is 202 Å². The van der Waals surface area contributed by atoms with Gasteiger partial charge in [-0.25, -0.2) is 9.97 Å². The van der Waals surface area contributed by atoms with Gasteiger partial charge in [0, 0.05) is 23.5 Å². The minimum Gasteiger partial charge on any atom is -0.382 e. The Balaban J connectivity index is 1.58. The van der Waals surface area contributed by atoms with Crippen molar-refractivity contribution in [1.29, 1.82) is 0 Å². The highest BCUT2D eigenvalue weighted by molar-refractivity contribution is 6.43. The minimum atomic E-state index is -0.489. The third kappa shape index (κ3) is 3.47. The zero-order chi connectivity index (χ0) is 24.0. The number of anilines is 2. The molecule has 0 unspecified atom stereocenters. The van der Waals surface area contributed by atoms with Crippen molar-refractivity contribution in [2.45, 2.75) is 0 Å². The van der Waals surface area contributed by atoms with Gasteiger partial charge in [-0.05, 0) is 30.3 Å². The second-order valence-corrected chi connectivity index (χ2v) is 8.05. The summed E-state index contributed by atoms with van der Waals surface area (Å²) in [5.41, 5.74) is 13.2. The molecular formula is C23H13Cl2N7O2. The van der Waals surface area contributed by atoms with E-state index < -0.39 is 11.6 Å². The largest absolute Gasteiger partial charge is 0.382 e. The second-order valence-electron chi connectivity index (χ2n) is 7.24. The maximum Gasteiger partial charge on any atom is 0.198 e. The van der Waals surface area contributed by atoms with Crippen molar-refractivity contribution < 1.29 is 9.59 Å². The predicted octanol–water partition coefficient (Wildman–Crippen LogP) is 5.20. The number of halogens is 2. The smallest absolute Gasteiger partial charge is 0.198 e. The molecule has 9 nitrogen and oxygen atoms in total. The minimum absolute atomic E-state index is 0.00423. The Morgan fingerprint density at radius 3 is 2.00 bits per heavy atom. The molecule has 0 saturated carbocycles. The maximum absolute atomic E-state index is 13.3. The van der Waals surface area contributed by atoms with Crippen LogP contribution >= 0.6 is 23.2 Å². The monoisotopic (exact) mass is 489 g/mol. The van der Waals surface area contributed by atoms with E-state index in [4.69, 9.17) is 34.7 Å². The number of carbonyl (C=O) groups is 2. The Morgan fingerprint density at radius 1 is 0.735 bits per heavy atom. The number of nitrogen functional groups attached to an aromatic ring is 2. The fourth-order valence-corrected chi connectivity index (χ4v) is 4.12. The number of nitrogens with two attached hydrogens (primary N) is 2. The first-order chi connectivity index (χ1) is 16.4. The zero-order valence-electron chi connectivity index (χ0n) is 17.2. The molecular weight excluding hydrogens is 477 g/mol. The van der Waals surface area contributed by atoms with Crippen LogP contribution in [0.1, 0.15) is 31.8 Å². The lowest BCUT2D eigenvalue weighted by atomic mass is 9.83. The summed E-state index contributed by atoms with van der Waals surface area (Å²) in [4.78, 5) is 38.8. The number of rotatable bonds is 3. The van der Waals surface area contributed by atoms with Gasteiger partial charge in [0.1, 0.15) is 0 Å². The topological polar surface area (TPSA) is 150 Å². The number of benzene rings is 2. The lowest BCUT2D eigenvalue weighted by molar-refractivity contribution is 0.0979. The summed E-state index contributed by atoms with van der Waals surface area (Å²) < 4.78 is 0. The molecule has 0 aliphatic heterocycles. The third-order valence-electron chi connectivity index (χ3n) is 5.21. The summed E-state index contributed by atoms with van der Waals surface area (Å²) in [5, 5.41) is 8.49. The van der Waals surface area contributed by atoms with Crippen molar-refractivity contribution in [2.24, 2.45) is 10.2 Å². The van der Waals surface area contributed by atoms with Crippen LogP contribution in [0.2, 0.25) is 10.0 Å². The Kier molecular flexibility index (Phi) is 5.27. The Bertz CT molecular complexity index is 1520. The van der Waals surface area contributed by atoms with E-state index >= 15 is 0 Å². The van der Waals surface area contributed by atoms with Crippen molar-refractivity contribution in [3.05, 3.63) is 87.2 Å². The van der Waals surface area contributed by atoms with Gasteiger partial charge in [-0.3, -0.25) is 14.6 Å². The highest BCUT2D eigenvalue weighted by Gasteiger charge is 2.35. The molecule has 166 valence electrons. The number of carbonyl (C=O) groups excluding carboxylic acids is 2. The van der Waals surface area contributed by atoms with Gasteiger partial charge in [0.2, 0.25) is 0 Å². The number of ketones is 2. The average molecular weight is 490 g/mol. The standard InChI is InChI=1S/C23H13Cl2N7O2/c24-12-4-5-13(25)17-16(12)19(33)11-2-1-3-14(15(11)20(17)34)31-32-18-21(26)29-23(30-22(18)27)10-6-8-28-9-7-10/h1-9H,(H4,26,27,29,30)/b32-31+. The van der Waals surface area contributed by atoms with Crippen molar-refractivity contribution >= 4 is 57.8 Å². The molecule has 0 radical (unpaired) electrons. The van der Waals surface area contributed by atoms with Gasteiger partial charge in [0.05, 0.1) is 32.4 Å². The maximum atomic E-state index is 13.3. The quantitative estimate of drug-likeness (QED) is 0.330. The number of fused-ring (bicyclic) bond motifs is 2. The molecule has 0 saturated heterocycles. The van der Waals surface area contributed by atoms with Crippen molar-refractivity contribution in [2.75, 3.05) is 11.5 Å². The number of aromatic nitrogens is 3. The molecule has 2 aromatic heterocycles. The first-order valence-electron chi connectivity index (χ1n) is 9.82. The molecule has 0 amide bonds. The van der Waals surface area contributed by atoms with Gasteiger partial charge in [-0.15, -0.1) is 10.2 Å². The summed E-state index contributed by atoms with van der Waals surface area (Å²) in [7, 11) is 0. The van der Waals surface area contributed by atoms with E-state index in [1.165, 1.54) is 24.3 Å². The number of nitrogens with zero attached hydrogens (tertiary/aromatic N) is 5. The van der Waals surface area contributed by atoms with Gasteiger partial charge in [-0.2, -0.15) is 0 Å². The van der Waals surface area contributed by atoms with Crippen molar-refractivity contribution in [3.8, 4) is 11.4 Å².